The van der Waals surface area contributed by atoms with E-state index in [2.05, 4.69) is 0 Å². The summed E-state index contributed by atoms with van der Waals surface area (Å²) in [5, 5.41) is 21.5. The van der Waals surface area contributed by atoms with Crippen molar-refractivity contribution in [3.63, 3.8) is 0 Å². The number of hydrogen-bond acceptors (Lipinski definition) is 3. The molecule has 0 saturated carbocycles. The predicted molar refractivity (Wildman–Crippen MR) is 12.4 cm³/mol. The Kier molecular flexibility index (Phi) is 24.9. The normalized spacial score (nSPS) is 4.50. The molecular weight excluding hydrogens is 117 g/mol. The van der Waals surface area contributed by atoms with Crippen LogP contribution in [0.15, 0.2) is 0 Å². The molecule has 0 fully saturated rings. The molecule has 0 aromatic heterocycles. The van der Waals surface area contributed by atoms with Gasteiger partial charge in [-0.3, -0.25) is 0 Å². The van der Waals surface area contributed by atoms with E-state index in [0.29, 0.717) is 0 Å². The van der Waals surface area contributed by atoms with Gasteiger partial charge >= 0.3 is 36.9 Å². The average Bonchev–Trinajstić information content (AvgIpc) is 0.811. The van der Waals surface area contributed by atoms with Gasteiger partial charge in [0.2, 0.25) is 0 Å². The van der Waals surface area contributed by atoms with E-state index in [1.807, 2.05) is 0 Å². The van der Waals surface area contributed by atoms with Crippen LogP contribution in [0.1, 0.15) is 0 Å². The van der Waals surface area contributed by atoms with E-state index < -0.39 is 7.32 Å². The summed E-state index contributed by atoms with van der Waals surface area (Å²) in [5.74, 6) is 0. The Balaban J connectivity index is -0.0000000450. The minimum Gasteiger partial charge on any atom is -1.00 e. The first-order chi connectivity index (χ1) is 1.73. The first kappa shape index (κ1) is 15.7. The van der Waals surface area contributed by atoms with E-state index in [4.69, 9.17) is 15.1 Å². The third-order valence-electron chi connectivity index (χ3n) is 0. The third-order valence-corrected chi connectivity index (χ3v) is 0. The van der Waals surface area contributed by atoms with Crippen LogP contribution in [-0.4, -0.2) is 22.4 Å². The molecule has 0 rings (SSSR count). The molecule has 32 valence electrons. The van der Waals surface area contributed by atoms with Crippen molar-refractivity contribution in [3.8, 4) is 0 Å². The van der Waals surface area contributed by atoms with Gasteiger partial charge in [-0.25, -0.2) is 0 Å². The van der Waals surface area contributed by atoms with Crippen molar-refractivity contribution in [2.75, 3.05) is 0 Å². The van der Waals surface area contributed by atoms with Crippen molar-refractivity contribution in [3.05, 3.63) is 0 Å². The number of halogens is 1. The van der Waals surface area contributed by atoms with Gasteiger partial charge in [-0.15, -0.1) is 0 Å². The molecule has 0 heterocycles. The van der Waals surface area contributed by atoms with Crippen LogP contribution in [0.5, 0.6) is 0 Å². The van der Waals surface area contributed by atoms with Gasteiger partial charge < -0.3 is 27.5 Å². The van der Waals surface area contributed by atoms with Gasteiger partial charge in [-0.05, 0) is 0 Å². The Bertz CT molecular complexity index is 15.5. The van der Waals surface area contributed by atoms with Crippen molar-refractivity contribution in [1.29, 1.82) is 0 Å². The second-order valence-corrected chi connectivity index (χ2v) is 0.346. The molecule has 0 aliphatic heterocycles. The first-order valence-corrected chi connectivity index (χ1v) is 0.775. The van der Waals surface area contributed by atoms with E-state index in [-0.39, 0.29) is 42.0 Å². The Labute approximate surface area is 64.3 Å². The predicted octanol–water partition coefficient (Wildman–Crippen LogP) is -8.04. The minimum absolute atomic E-state index is 0. The Morgan fingerprint density at radius 3 is 1.00 bits per heavy atom. The van der Waals surface area contributed by atoms with Crippen LogP contribution in [-0.2, 0) is 0 Å². The van der Waals surface area contributed by atoms with Crippen LogP contribution < -0.4 is 42.0 Å². The maximum absolute atomic E-state index is 7.17. The van der Waals surface area contributed by atoms with Crippen LogP contribution in [0.4, 0.5) is 0 Å². The molecule has 0 radical (unpaired) electrons. The molecular formula is H3BClNaO3. The summed E-state index contributed by atoms with van der Waals surface area (Å²) >= 11 is 0. The Hall–Kier alpha value is 1.23. The first-order valence-electron chi connectivity index (χ1n) is 0.775. The zero-order valence-electron chi connectivity index (χ0n) is 3.30. The summed E-state index contributed by atoms with van der Waals surface area (Å²) in [6, 6.07) is 0. The molecule has 0 saturated heterocycles. The molecule has 0 aliphatic carbocycles. The molecule has 6 heteroatoms. The summed E-state index contributed by atoms with van der Waals surface area (Å²) in [6.07, 6.45) is 0. The van der Waals surface area contributed by atoms with Crippen LogP contribution in [0.3, 0.4) is 0 Å². The molecule has 0 bridgehead atoms. The molecule has 0 amide bonds. The minimum atomic E-state index is -2.17. The van der Waals surface area contributed by atoms with Crippen molar-refractivity contribution in [2.24, 2.45) is 0 Å². The van der Waals surface area contributed by atoms with Gasteiger partial charge in [0.25, 0.3) is 0 Å². The summed E-state index contributed by atoms with van der Waals surface area (Å²) in [4.78, 5) is 0. The van der Waals surface area contributed by atoms with E-state index in [1.54, 1.807) is 0 Å². The second-order valence-electron chi connectivity index (χ2n) is 0.346. The van der Waals surface area contributed by atoms with Crippen molar-refractivity contribution in [2.45, 2.75) is 0 Å². The van der Waals surface area contributed by atoms with Crippen molar-refractivity contribution >= 4 is 7.32 Å². The number of rotatable bonds is 0. The fraction of sp³-hybridized carbons (Fsp3) is 0. The van der Waals surface area contributed by atoms with Crippen LogP contribution in [0, 0.1) is 0 Å². The quantitative estimate of drug-likeness (QED) is 0.278. The third kappa shape index (κ3) is 61.6. The smallest absolute Gasteiger partial charge is 1.00 e. The summed E-state index contributed by atoms with van der Waals surface area (Å²) in [5.41, 5.74) is 0. The molecule has 6 heavy (non-hydrogen) atoms. The van der Waals surface area contributed by atoms with E-state index in [1.165, 1.54) is 0 Å². The Morgan fingerprint density at radius 1 is 1.00 bits per heavy atom. The van der Waals surface area contributed by atoms with E-state index >= 15 is 0 Å². The van der Waals surface area contributed by atoms with E-state index in [0.717, 1.165) is 0 Å². The fourth-order valence-corrected chi connectivity index (χ4v) is 0. The van der Waals surface area contributed by atoms with E-state index in [9.17, 15) is 0 Å². The maximum Gasteiger partial charge on any atom is 1.00 e. The Morgan fingerprint density at radius 2 is 1.00 bits per heavy atom. The van der Waals surface area contributed by atoms with Gasteiger partial charge in [0.05, 0.1) is 0 Å². The maximum atomic E-state index is 7.17. The van der Waals surface area contributed by atoms with Gasteiger partial charge in [0, 0.05) is 0 Å². The number of hydrogen-bond donors (Lipinski definition) is 3. The fourth-order valence-electron chi connectivity index (χ4n) is 0. The van der Waals surface area contributed by atoms with Crippen LogP contribution in [0.25, 0.3) is 0 Å². The van der Waals surface area contributed by atoms with Gasteiger partial charge in [-0.2, -0.15) is 0 Å². The molecule has 0 spiro atoms. The molecule has 0 unspecified atom stereocenters. The summed E-state index contributed by atoms with van der Waals surface area (Å²) in [6.45, 7) is 0. The largest absolute Gasteiger partial charge is 1.00 e. The van der Waals surface area contributed by atoms with Gasteiger partial charge in [0.1, 0.15) is 0 Å². The molecule has 0 atom stereocenters. The zero-order valence-corrected chi connectivity index (χ0v) is 6.05. The molecule has 3 N–H and O–H groups in total. The summed E-state index contributed by atoms with van der Waals surface area (Å²) in [7, 11) is -2.17. The average molecular weight is 120 g/mol. The van der Waals surface area contributed by atoms with Gasteiger partial charge in [0.15, 0.2) is 0 Å². The van der Waals surface area contributed by atoms with Crippen molar-refractivity contribution in [1.82, 2.24) is 0 Å². The SMILES string of the molecule is OB(O)O.[Cl-].[Na+]. The molecule has 0 aromatic rings. The van der Waals surface area contributed by atoms with Gasteiger partial charge in [-0.1, -0.05) is 0 Å². The summed E-state index contributed by atoms with van der Waals surface area (Å²) < 4.78 is 0. The monoisotopic (exact) mass is 120 g/mol. The standard InChI is InChI=1S/BH3O3.ClH.Na/c2-1(3)4;;/h2-4H;1H;/q;;+1/p-1. The second kappa shape index (κ2) is 9.53. The van der Waals surface area contributed by atoms with Crippen LogP contribution in [0.2, 0.25) is 0 Å². The topological polar surface area (TPSA) is 60.7 Å². The van der Waals surface area contributed by atoms with Crippen molar-refractivity contribution < 1.29 is 57.0 Å². The zero-order chi connectivity index (χ0) is 3.58. The molecule has 0 aliphatic rings. The molecule has 3 nitrogen and oxygen atoms in total. The molecule has 0 aromatic carbocycles. The van der Waals surface area contributed by atoms with Crippen LogP contribution >= 0.6 is 0 Å².